The number of benzene rings is 2. The van der Waals surface area contributed by atoms with Gasteiger partial charge in [-0.05, 0) is 18.1 Å². The van der Waals surface area contributed by atoms with Gasteiger partial charge in [0.25, 0.3) is 0 Å². The van der Waals surface area contributed by atoms with Gasteiger partial charge in [0.1, 0.15) is 16.2 Å². The van der Waals surface area contributed by atoms with Crippen molar-refractivity contribution in [2.24, 2.45) is 0 Å². The topological polar surface area (TPSA) is 135 Å². The van der Waals surface area contributed by atoms with E-state index in [4.69, 9.17) is 10.00 Å². The average molecular weight is 492 g/mol. The Morgan fingerprint density at radius 1 is 1.17 bits per heavy atom. The molecular weight excluding hydrogens is 470 g/mol. The first-order valence-electron chi connectivity index (χ1n) is 10.9. The number of β-lactam (4-membered cyclic amide) rings is 1. The molecule has 2 fully saturated rings. The number of hydrogen-bond acceptors (Lipinski definition) is 8. The number of rotatable bonds is 6. The molecule has 11 heteroatoms. The van der Waals surface area contributed by atoms with Gasteiger partial charge in [0.2, 0.25) is 5.91 Å². The highest BCUT2D eigenvalue weighted by Gasteiger charge is 2.70. The summed E-state index contributed by atoms with van der Waals surface area (Å²) in [5, 5.41) is 15.5. The van der Waals surface area contributed by atoms with Crippen LogP contribution in [0.5, 0.6) is 0 Å². The number of fused-ring (bicyclic) bond motifs is 1. The molecule has 3 aromatic rings. The maximum absolute atomic E-state index is 13.7. The van der Waals surface area contributed by atoms with Gasteiger partial charge in [0, 0.05) is 0 Å². The molecule has 0 saturated carbocycles. The highest BCUT2D eigenvalue weighted by molar-refractivity contribution is 7.93. The van der Waals surface area contributed by atoms with E-state index >= 15 is 0 Å². The van der Waals surface area contributed by atoms with Crippen molar-refractivity contribution in [2.45, 2.75) is 42.2 Å². The number of hydrogen-bond donors (Lipinski definition) is 0. The predicted molar refractivity (Wildman–Crippen MR) is 122 cm³/mol. The van der Waals surface area contributed by atoms with E-state index in [0.717, 1.165) is 4.90 Å². The lowest BCUT2D eigenvalue weighted by Gasteiger charge is -2.37. The molecule has 35 heavy (non-hydrogen) atoms. The molecule has 2 aliphatic heterocycles. The van der Waals surface area contributed by atoms with Crippen LogP contribution in [0.3, 0.4) is 0 Å². The van der Waals surface area contributed by atoms with Crippen LogP contribution in [0.15, 0.2) is 66.9 Å². The Labute approximate surface area is 201 Å². The van der Waals surface area contributed by atoms with Gasteiger partial charge in [-0.2, -0.15) is 5.26 Å². The van der Waals surface area contributed by atoms with Crippen LogP contribution in [0.1, 0.15) is 36.3 Å². The summed E-state index contributed by atoms with van der Waals surface area (Å²) in [5.41, 5.74) is 1.42. The smallest absolute Gasteiger partial charge is 0.331 e. The molecule has 10 nitrogen and oxygen atoms in total. The van der Waals surface area contributed by atoms with E-state index in [1.165, 1.54) is 17.8 Å². The predicted octanol–water partition coefficient (Wildman–Crippen LogP) is 1.60. The zero-order valence-electron chi connectivity index (χ0n) is 18.7. The van der Waals surface area contributed by atoms with Gasteiger partial charge in [0.15, 0.2) is 27.7 Å². The van der Waals surface area contributed by atoms with E-state index in [1.807, 2.05) is 66.7 Å². The number of esters is 1. The summed E-state index contributed by atoms with van der Waals surface area (Å²) >= 11 is 0. The first kappa shape index (κ1) is 22.7. The van der Waals surface area contributed by atoms with E-state index in [1.54, 1.807) is 0 Å². The normalized spacial score (nSPS) is 24.5. The van der Waals surface area contributed by atoms with Gasteiger partial charge in [-0.15, -0.1) is 5.10 Å². The maximum Gasteiger partial charge on any atom is 0.331 e. The molecule has 2 aliphatic rings. The molecule has 3 atom stereocenters. The minimum atomic E-state index is -3.98. The lowest BCUT2D eigenvalue weighted by molar-refractivity contribution is -0.164. The summed E-state index contributed by atoms with van der Waals surface area (Å²) in [6.45, 7) is 1.14. The van der Waals surface area contributed by atoms with Crippen LogP contribution in [0.2, 0.25) is 0 Å². The number of carbonyl (C=O) groups is 2. The number of nitriles is 1. The average Bonchev–Trinajstić information content (AvgIpc) is 3.36. The van der Waals surface area contributed by atoms with E-state index in [9.17, 15) is 18.0 Å². The summed E-state index contributed by atoms with van der Waals surface area (Å²) in [6.07, 6.45) is 0.310. The van der Waals surface area contributed by atoms with Crippen molar-refractivity contribution >= 4 is 21.7 Å². The molecule has 0 radical (unpaired) electrons. The number of carbonyl (C=O) groups excluding carboxylic acids is 2. The van der Waals surface area contributed by atoms with Gasteiger partial charge in [-0.25, -0.2) is 17.9 Å². The Morgan fingerprint density at radius 3 is 2.29 bits per heavy atom. The summed E-state index contributed by atoms with van der Waals surface area (Å²) in [6, 6.07) is 18.6. The fraction of sp³-hybridized carbons (Fsp3) is 0.292. The highest BCUT2D eigenvalue weighted by atomic mass is 32.2. The van der Waals surface area contributed by atoms with Gasteiger partial charge >= 0.3 is 5.97 Å². The second kappa shape index (κ2) is 8.32. The van der Waals surface area contributed by atoms with Crippen molar-refractivity contribution in [3.63, 3.8) is 0 Å². The number of amides is 1. The minimum absolute atomic E-state index is 0.00990. The molecule has 0 bridgehead atoms. The van der Waals surface area contributed by atoms with Crippen molar-refractivity contribution < 1.29 is 22.7 Å². The molecule has 178 valence electrons. The third-order valence-corrected chi connectivity index (χ3v) is 9.37. The van der Waals surface area contributed by atoms with Crippen LogP contribution in [-0.2, 0) is 30.7 Å². The van der Waals surface area contributed by atoms with Crippen molar-refractivity contribution in [1.82, 2.24) is 19.9 Å². The molecule has 1 aromatic heterocycles. The molecule has 1 amide bonds. The lowest BCUT2D eigenvalue weighted by atomic mass is 9.95. The number of sulfone groups is 1. The molecule has 0 N–H and O–H groups in total. The summed E-state index contributed by atoms with van der Waals surface area (Å²) in [7, 11) is -3.98. The van der Waals surface area contributed by atoms with Crippen molar-refractivity contribution in [3.8, 4) is 6.07 Å². The van der Waals surface area contributed by atoms with Crippen LogP contribution in [0.25, 0.3) is 0 Å². The quantitative estimate of drug-likeness (QED) is 0.375. The Balaban J connectivity index is 1.54. The van der Waals surface area contributed by atoms with Crippen LogP contribution >= 0.6 is 0 Å². The lowest BCUT2D eigenvalue weighted by Crippen LogP contribution is -2.58. The standard InChI is InChI=1S/C24H21N5O5S/c1-24(15-28-14-18(13-25)26-27-28)22(29-19(30)12-20(29)35(24,32)33)23(31)34-21(16-8-4-2-5-9-16)17-10-6-3-7-11-17/h2-11,14,20-22H,12,15H2,1H3/t20-,22-,24-/m0/s1. The van der Waals surface area contributed by atoms with Gasteiger partial charge < -0.3 is 9.64 Å². The monoisotopic (exact) mass is 491 g/mol. The summed E-state index contributed by atoms with van der Waals surface area (Å²) in [4.78, 5) is 27.3. The summed E-state index contributed by atoms with van der Waals surface area (Å²) < 4.78 is 32.5. The SMILES string of the molecule is C[C@]1(Cn2cc(C#N)nn2)[C@H](C(=O)OC(c2ccccc2)c2ccccc2)N2C(=O)C[C@@H]2S1(=O)=O. The second-order valence-corrected chi connectivity index (χ2v) is 11.3. The van der Waals surface area contributed by atoms with Gasteiger partial charge in [0.05, 0.1) is 19.2 Å². The van der Waals surface area contributed by atoms with Gasteiger partial charge in [-0.1, -0.05) is 65.9 Å². The van der Waals surface area contributed by atoms with Crippen LogP contribution in [-0.4, -0.2) is 56.4 Å². The third kappa shape index (κ3) is 3.57. The van der Waals surface area contributed by atoms with Gasteiger partial charge in [-0.3, -0.25) is 4.79 Å². The number of aromatic nitrogens is 3. The van der Waals surface area contributed by atoms with Crippen LogP contribution in [0, 0.1) is 11.3 Å². The molecule has 0 spiro atoms. The third-order valence-electron chi connectivity index (χ3n) is 6.60. The largest absolute Gasteiger partial charge is 0.451 e. The van der Waals surface area contributed by atoms with E-state index in [2.05, 4.69) is 10.3 Å². The Kier molecular flexibility index (Phi) is 5.40. The Bertz CT molecular complexity index is 1390. The second-order valence-electron chi connectivity index (χ2n) is 8.77. The zero-order valence-corrected chi connectivity index (χ0v) is 19.5. The van der Waals surface area contributed by atoms with E-state index in [-0.39, 0.29) is 18.7 Å². The molecule has 2 aromatic carbocycles. The molecule has 5 rings (SSSR count). The highest BCUT2D eigenvalue weighted by Crippen LogP contribution is 2.47. The van der Waals surface area contributed by atoms with E-state index in [0.29, 0.717) is 11.1 Å². The fourth-order valence-electron chi connectivity index (χ4n) is 4.78. The van der Waals surface area contributed by atoms with E-state index < -0.39 is 44.0 Å². The minimum Gasteiger partial charge on any atom is -0.451 e. The van der Waals surface area contributed by atoms with Crippen molar-refractivity contribution in [1.29, 1.82) is 5.26 Å². The summed E-state index contributed by atoms with van der Waals surface area (Å²) in [5.74, 6) is -1.26. The first-order valence-corrected chi connectivity index (χ1v) is 12.5. The van der Waals surface area contributed by atoms with Crippen molar-refractivity contribution in [2.75, 3.05) is 0 Å². The fourth-order valence-corrected chi connectivity index (χ4v) is 7.14. The molecule has 2 saturated heterocycles. The maximum atomic E-state index is 13.7. The van der Waals surface area contributed by atoms with Crippen molar-refractivity contribution in [3.05, 3.63) is 83.7 Å². The first-order chi connectivity index (χ1) is 16.8. The molecule has 0 aliphatic carbocycles. The molecule has 0 unspecified atom stereocenters. The zero-order chi connectivity index (χ0) is 24.8. The van der Waals surface area contributed by atoms with Crippen LogP contribution < -0.4 is 0 Å². The number of nitrogens with zero attached hydrogens (tertiary/aromatic N) is 5. The van der Waals surface area contributed by atoms with Crippen LogP contribution in [0.4, 0.5) is 0 Å². The Morgan fingerprint density at radius 2 is 1.77 bits per heavy atom. The molecule has 3 heterocycles. The number of ether oxygens (including phenoxy) is 1. The Hall–Kier alpha value is -4.04. The molecular formula is C24H21N5O5S.